The Bertz CT molecular complexity index is 623. The summed E-state index contributed by atoms with van der Waals surface area (Å²) < 4.78 is 6.28. The lowest BCUT2D eigenvalue weighted by atomic mass is 9.86. The summed E-state index contributed by atoms with van der Waals surface area (Å²) in [6, 6.07) is 6.53. The topological polar surface area (TPSA) is 25.2 Å². The monoisotopic (exact) mass is 287 g/mol. The summed E-state index contributed by atoms with van der Waals surface area (Å²) in [5, 5.41) is 4.81. The van der Waals surface area contributed by atoms with Crippen LogP contribution in [0.15, 0.2) is 22.6 Å². The highest BCUT2D eigenvalue weighted by Crippen LogP contribution is 2.35. The van der Waals surface area contributed by atoms with Gasteiger partial charge in [0, 0.05) is 22.1 Å². The molecule has 2 rings (SSSR count). The third kappa shape index (κ3) is 3.49. The van der Waals surface area contributed by atoms with Crippen LogP contribution < -0.4 is 5.32 Å². The zero-order valence-corrected chi connectivity index (χ0v) is 14.6. The molecule has 1 aromatic carbocycles. The number of fused-ring (bicyclic) bond motifs is 1. The Labute approximate surface area is 128 Å². The van der Waals surface area contributed by atoms with E-state index in [1.54, 1.807) is 0 Å². The van der Waals surface area contributed by atoms with Gasteiger partial charge in [0.15, 0.2) is 0 Å². The number of furan rings is 1. The molecule has 2 heteroatoms. The third-order valence-corrected chi connectivity index (χ3v) is 3.84. The first-order chi connectivity index (χ1) is 9.63. The second-order valence-electron chi connectivity index (χ2n) is 7.89. The van der Waals surface area contributed by atoms with Crippen molar-refractivity contribution in [3.8, 4) is 0 Å². The van der Waals surface area contributed by atoms with Crippen LogP contribution in [0.3, 0.4) is 0 Å². The molecule has 0 aliphatic rings. The van der Waals surface area contributed by atoms with Gasteiger partial charge in [-0.05, 0) is 32.6 Å². The molecule has 2 nitrogen and oxygen atoms in total. The summed E-state index contributed by atoms with van der Waals surface area (Å²) in [6.45, 7) is 16.3. The van der Waals surface area contributed by atoms with Crippen molar-refractivity contribution in [2.75, 3.05) is 0 Å². The maximum absolute atomic E-state index is 6.28. The van der Waals surface area contributed by atoms with Gasteiger partial charge in [0.2, 0.25) is 0 Å². The van der Waals surface area contributed by atoms with Crippen LogP contribution in [0.25, 0.3) is 11.0 Å². The van der Waals surface area contributed by atoms with Crippen LogP contribution in [0.2, 0.25) is 0 Å². The number of hydrogen-bond acceptors (Lipinski definition) is 2. The maximum atomic E-state index is 6.28. The molecule has 0 spiro atoms. The average molecular weight is 287 g/mol. The molecule has 0 saturated heterocycles. The summed E-state index contributed by atoms with van der Waals surface area (Å²) in [4.78, 5) is 0. The Balaban J connectivity index is 2.53. The average Bonchev–Trinajstić information content (AvgIpc) is 2.71. The molecule has 0 bridgehead atoms. The minimum atomic E-state index is 0.0941. The van der Waals surface area contributed by atoms with Gasteiger partial charge in [-0.25, -0.2) is 0 Å². The first-order valence-electron chi connectivity index (χ1n) is 7.92. The molecule has 1 aromatic heterocycles. The summed E-state index contributed by atoms with van der Waals surface area (Å²) in [7, 11) is 0. The molecule has 0 amide bonds. The van der Waals surface area contributed by atoms with Crippen molar-refractivity contribution in [2.24, 2.45) is 0 Å². The fourth-order valence-electron chi connectivity index (χ4n) is 2.69. The fraction of sp³-hybridized carbons (Fsp3) is 0.579. The van der Waals surface area contributed by atoms with Crippen molar-refractivity contribution in [2.45, 2.75) is 72.4 Å². The van der Waals surface area contributed by atoms with E-state index in [9.17, 15) is 0 Å². The Morgan fingerprint density at radius 1 is 1.05 bits per heavy atom. The Morgan fingerprint density at radius 3 is 2.24 bits per heavy atom. The molecule has 0 unspecified atom stereocenters. The van der Waals surface area contributed by atoms with E-state index in [2.05, 4.69) is 72.0 Å². The summed E-state index contributed by atoms with van der Waals surface area (Å²) >= 11 is 0. The third-order valence-electron chi connectivity index (χ3n) is 3.84. The molecule has 0 atom stereocenters. The first kappa shape index (κ1) is 16.1. The summed E-state index contributed by atoms with van der Waals surface area (Å²) in [5.41, 5.74) is 3.88. The van der Waals surface area contributed by atoms with Crippen molar-refractivity contribution >= 4 is 11.0 Å². The van der Waals surface area contributed by atoms with E-state index in [1.807, 2.05) is 0 Å². The van der Waals surface area contributed by atoms with Gasteiger partial charge in [-0.3, -0.25) is 0 Å². The van der Waals surface area contributed by atoms with E-state index >= 15 is 0 Å². The molecule has 0 aliphatic carbocycles. The lowest BCUT2D eigenvalue weighted by Crippen LogP contribution is -2.35. The maximum Gasteiger partial charge on any atom is 0.138 e. The molecule has 0 saturated carbocycles. The minimum Gasteiger partial charge on any atom is -0.459 e. The van der Waals surface area contributed by atoms with Gasteiger partial charge in [0.05, 0.1) is 6.54 Å². The van der Waals surface area contributed by atoms with Crippen LogP contribution >= 0.6 is 0 Å². The second-order valence-corrected chi connectivity index (χ2v) is 7.89. The minimum absolute atomic E-state index is 0.0941. The molecule has 2 aromatic rings. The molecule has 0 radical (unpaired) electrons. The number of benzene rings is 1. The van der Waals surface area contributed by atoms with E-state index in [1.165, 1.54) is 16.5 Å². The smallest absolute Gasteiger partial charge is 0.138 e. The SMILES string of the molecule is CCc1c(CNC(C)(C)C)oc2c(C(C)(C)C)cccc12. The Hall–Kier alpha value is -1.28. The Morgan fingerprint density at radius 2 is 1.71 bits per heavy atom. The quantitative estimate of drug-likeness (QED) is 0.841. The van der Waals surface area contributed by atoms with Gasteiger partial charge in [0.1, 0.15) is 11.3 Å². The number of aryl methyl sites for hydroxylation is 1. The molecule has 0 aliphatic heterocycles. The van der Waals surface area contributed by atoms with Crippen LogP contribution in [0.1, 0.15) is 65.4 Å². The van der Waals surface area contributed by atoms with E-state index in [0.717, 1.165) is 24.3 Å². The van der Waals surface area contributed by atoms with E-state index < -0.39 is 0 Å². The first-order valence-corrected chi connectivity index (χ1v) is 7.92. The number of rotatable bonds is 3. The number of hydrogen-bond donors (Lipinski definition) is 1. The highest BCUT2D eigenvalue weighted by atomic mass is 16.3. The van der Waals surface area contributed by atoms with E-state index in [4.69, 9.17) is 4.42 Å². The number of para-hydroxylation sites is 1. The molecule has 21 heavy (non-hydrogen) atoms. The molecule has 1 N–H and O–H groups in total. The van der Waals surface area contributed by atoms with E-state index in [0.29, 0.717) is 0 Å². The van der Waals surface area contributed by atoms with Crippen molar-refractivity contribution in [3.05, 3.63) is 35.1 Å². The molecular weight excluding hydrogens is 258 g/mol. The van der Waals surface area contributed by atoms with Gasteiger partial charge in [-0.15, -0.1) is 0 Å². The van der Waals surface area contributed by atoms with E-state index in [-0.39, 0.29) is 11.0 Å². The van der Waals surface area contributed by atoms with Crippen LogP contribution in [-0.4, -0.2) is 5.54 Å². The normalized spacial score (nSPS) is 13.1. The van der Waals surface area contributed by atoms with Crippen LogP contribution in [0.5, 0.6) is 0 Å². The molecular formula is C19H29NO. The van der Waals surface area contributed by atoms with Gasteiger partial charge >= 0.3 is 0 Å². The van der Waals surface area contributed by atoms with Crippen molar-refractivity contribution in [1.29, 1.82) is 0 Å². The molecule has 116 valence electrons. The highest BCUT2D eigenvalue weighted by molar-refractivity contribution is 5.85. The Kier molecular flexibility index (Phi) is 4.21. The zero-order valence-electron chi connectivity index (χ0n) is 14.6. The summed E-state index contributed by atoms with van der Waals surface area (Å²) in [5.74, 6) is 1.08. The fourth-order valence-corrected chi connectivity index (χ4v) is 2.69. The standard InChI is InChI=1S/C19H29NO/c1-8-13-14-10-9-11-15(18(2,3)4)17(14)21-16(13)12-20-19(5,6)7/h9-11,20H,8,12H2,1-7H3. The van der Waals surface area contributed by atoms with Gasteiger partial charge < -0.3 is 9.73 Å². The lowest BCUT2D eigenvalue weighted by molar-refractivity contribution is 0.392. The van der Waals surface area contributed by atoms with Gasteiger partial charge in [-0.1, -0.05) is 45.9 Å². The predicted octanol–water partition coefficient (Wildman–Crippen LogP) is 5.18. The summed E-state index contributed by atoms with van der Waals surface area (Å²) in [6.07, 6.45) is 1.00. The molecule has 0 fully saturated rings. The predicted molar refractivity (Wildman–Crippen MR) is 90.9 cm³/mol. The molecule has 1 heterocycles. The highest BCUT2D eigenvalue weighted by Gasteiger charge is 2.22. The van der Waals surface area contributed by atoms with Crippen molar-refractivity contribution in [1.82, 2.24) is 5.32 Å². The van der Waals surface area contributed by atoms with Crippen molar-refractivity contribution < 1.29 is 4.42 Å². The number of nitrogens with one attached hydrogen (secondary N) is 1. The van der Waals surface area contributed by atoms with Crippen LogP contribution in [0.4, 0.5) is 0 Å². The zero-order chi connectivity index (χ0) is 15.8. The van der Waals surface area contributed by atoms with Crippen LogP contribution in [0, 0.1) is 0 Å². The lowest BCUT2D eigenvalue weighted by Gasteiger charge is -2.20. The van der Waals surface area contributed by atoms with Gasteiger partial charge in [-0.2, -0.15) is 0 Å². The largest absolute Gasteiger partial charge is 0.459 e. The van der Waals surface area contributed by atoms with Crippen LogP contribution in [-0.2, 0) is 18.4 Å². The van der Waals surface area contributed by atoms with Crippen molar-refractivity contribution in [3.63, 3.8) is 0 Å². The second kappa shape index (κ2) is 5.49. The van der Waals surface area contributed by atoms with Gasteiger partial charge in [0.25, 0.3) is 0 Å².